The van der Waals surface area contributed by atoms with Crippen molar-refractivity contribution in [3.05, 3.63) is 87.9 Å². The Balaban J connectivity index is 1.55. The molecule has 0 aliphatic carbocycles. The van der Waals surface area contributed by atoms with Crippen molar-refractivity contribution in [2.75, 3.05) is 0 Å². The summed E-state index contributed by atoms with van der Waals surface area (Å²) in [7, 11) is 0. The SMILES string of the molecule is CC(NC(=O)c1cccc(Cl)c1Cl)C(=O)NCc1ccc(Oc2cccnc2)c(F)c1. The molecule has 0 bridgehead atoms. The number of hydrogen-bond donors (Lipinski definition) is 2. The summed E-state index contributed by atoms with van der Waals surface area (Å²) in [6.07, 6.45) is 3.06. The molecular weight excluding hydrogens is 444 g/mol. The van der Waals surface area contributed by atoms with Gasteiger partial charge in [0.1, 0.15) is 11.8 Å². The van der Waals surface area contributed by atoms with Gasteiger partial charge in [0.05, 0.1) is 21.8 Å². The lowest BCUT2D eigenvalue weighted by Gasteiger charge is -2.15. The van der Waals surface area contributed by atoms with Crippen molar-refractivity contribution in [2.45, 2.75) is 19.5 Å². The number of rotatable bonds is 7. The van der Waals surface area contributed by atoms with Gasteiger partial charge in [0, 0.05) is 12.7 Å². The second kappa shape index (κ2) is 10.2. The summed E-state index contributed by atoms with van der Waals surface area (Å²) in [6, 6.07) is 11.5. The molecule has 1 atom stereocenters. The van der Waals surface area contributed by atoms with Crippen LogP contribution in [-0.4, -0.2) is 22.8 Å². The summed E-state index contributed by atoms with van der Waals surface area (Å²) in [5, 5.41) is 5.55. The Morgan fingerprint density at radius 2 is 1.97 bits per heavy atom. The van der Waals surface area contributed by atoms with E-state index >= 15 is 0 Å². The zero-order valence-electron chi connectivity index (χ0n) is 16.4. The molecule has 2 amide bonds. The predicted octanol–water partition coefficient (Wildman–Crippen LogP) is 4.75. The number of carbonyl (C=O) groups excluding carboxylic acids is 2. The minimum atomic E-state index is -0.847. The lowest BCUT2D eigenvalue weighted by molar-refractivity contribution is -0.122. The van der Waals surface area contributed by atoms with E-state index < -0.39 is 23.7 Å². The third kappa shape index (κ3) is 5.93. The molecule has 0 saturated carbocycles. The smallest absolute Gasteiger partial charge is 0.253 e. The third-order valence-corrected chi connectivity index (χ3v) is 5.08. The van der Waals surface area contributed by atoms with Crippen LogP contribution < -0.4 is 15.4 Å². The van der Waals surface area contributed by atoms with Crippen LogP contribution in [0.25, 0.3) is 0 Å². The van der Waals surface area contributed by atoms with E-state index in [0.717, 1.165) is 0 Å². The molecule has 2 aromatic carbocycles. The highest BCUT2D eigenvalue weighted by Crippen LogP contribution is 2.26. The molecule has 3 aromatic rings. The van der Waals surface area contributed by atoms with E-state index in [1.54, 1.807) is 36.5 Å². The normalized spacial score (nSPS) is 11.5. The number of nitrogens with zero attached hydrogens (tertiary/aromatic N) is 1. The summed E-state index contributed by atoms with van der Waals surface area (Å²) in [6.45, 7) is 1.60. The molecule has 160 valence electrons. The van der Waals surface area contributed by atoms with Crippen LogP contribution >= 0.6 is 23.2 Å². The van der Waals surface area contributed by atoms with Crippen molar-refractivity contribution in [3.63, 3.8) is 0 Å². The van der Waals surface area contributed by atoms with Gasteiger partial charge >= 0.3 is 0 Å². The van der Waals surface area contributed by atoms with Gasteiger partial charge in [-0.2, -0.15) is 0 Å². The second-order valence-electron chi connectivity index (χ2n) is 6.57. The van der Waals surface area contributed by atoms with Gasteiger partial charge in [0.25, 0.3) is 5.91 Å². The lowest BCUT2D eigenvalue weighted by Crippen LogP contribution is -2.44. The molecular formula is C22H18Cl2FN3O3. The third-order valence-electron chi connectivity index (χ3n) is 4.26. The number of aromatic nitrogens is 1. The standard InChI is InChI=1S/C22H18Cl2FN3O3/c1-13(28-22(30)16-5-2-6-17(23)20(16)24)21(29)27-11-14-7-8-19(18(25)10-14)31-15-4-3-9-26-12-15/h2-10,12-13H,11H2,1H3,(H,27,29)(H,28,30). The summed E-state index contributed by atoms with van der Waals surface area (Å²) < 4.78 is 19.7. The van der Waals surface area contributed by atoms with Crippen LogP contribution in [0.15, 0.2) is 60.9 Å². The first-order valence-corrected chi connectivity index (χ1v) is 9.99. The summed E-state index contributed by atoms with van der Waals surface area (Å²) in [4.78, 5) is 28.6. The Morgan fingerprint density at radius 1 is 1.16 bits per heavy atom. The topological polar surface area (TPSA) is 80.3 Å². The van der Waals surface area contributed by atoms with E-state index in [2.05, 4.69) is 15.6 Å². The van der Waals surface area contributed by atoms with Crippen molar-refractivity contribution in [3.8, 4) is 11.5 Å². The number of amides is 2. The average molecular weight is 462 g/mol. The number of halogens is 3. The van der Waals surface area contributed by atoms with Crippen molar-refractivity contribution in [1.29, 1.82) is 0 Å². The van der Waals surface area contributed by atoms with E-state index in [4.69, 9.17) is 27.9 Å². The fourth-order valence-corrected chi connectivity index (χ4v) is 3.02. The summed E-state index contributed by atoms with van der Waals surface area (Å²) in [5.74, 6) is -1.10. The maximum Gasteiger partial charge on any atom is 0.253 e. The highest BCUT2D eigenvalue weighted by atomic mass is 35.5. The number of hydrogen-bond acceptors (Lipinski definition) is 4. The Morgan fingerprint density at radius 3 is 2.68 bits per heavy atom. The molecule has 0 aliphatic heterocycles. The quantitative estimate of drug-likeness (QED) is 0.531. The maximum absolute atomic E-state index is 14.3. The van der Waals surface area contributed by atoms with Crippen LogP contribution in [0.1, 0.15) is 22.8 Å². The fourth-order valence-electron chi connectivity index (χ4n) is 2.63. The van der Waals surface area contributed by atoms with Gasteiger partial charge in [0.2, 0.25) is 5.91 Å². The van der Waals surface area contributed by atoms with Crippen molar-refractivity contribution in [1.82, 2.24) is 15.6 Å². The van der Waals surface area contributed by atoms with Crippen LogP contribution in [0.4, 0.5) is 4.39 Å². The van der Waals surface area contributed by atoms with Gasteiger partial charge in [-0.15, -0.1) is 0 Å². The van der Waals surface area contributed by atoms with Crippen LogP contribution in [0.2, 0.25) is 10.0 Å². The molecule has 0 saturated heterocycles. The maximum atomic E-state index is 14.3. The van der Waals surface area contributed by atoms with Crippen LogP contribution in [0, 0.1) is 5.82 Å². The largest absolute Gasteiger partial charge is 0.453 e. The molecule has 0 spiro atoms. The van der Waals surface area contributed by atoms with Gasteiger partial charge < -0.3 is 15.4 Å². The zero-order valence-corrected chi connectivity index (χ0v) is 17.9. The second-order valence-corrected chi connectivity index (χ2v) is 7.36. The van der Waals surface area contributed by atoms with Gasteiger partial charge in [-0.25, -0.2) is 4.39 Å². The van der Waals surface area contributed by atoms with Crippen LogP contribution in [0.3, 0.4) is 0 Å². The highest BCUT2D eigenvalue weighted by Gasteiger charge is 2.19. The fraction of sp³-hybridized carbons (Fsp3) is 0.136. The molecule has 1 aromatic heterocycles. The highest BCUT2D eigenvalue weighted by molar-refractivity contribution is 6.43. The number of pyridine rings is 1. The van der Waals surface area contributed by atoms with Gasteiger partial charge in [-0.05, 0) is 48.9 Å². The molecule has 6 nitrogen and oxygen atoms in total. The van der Waals surface area contributed by atoms with Crippen molar-refractivity contribution >= 4 is 35.0 Å². The molecule has 0 aliphatic rings. The molecule has 1 heterocycles. The Bertz CT molecular complexity index is 1100. The van der Waals surface area contributed by atoms with Crippen LogP contribution in [0.5, 0.6) is 11.5 Å². The molecule has 31 heavy (non-hydrogen) atoms. The Kier molecular flexibility index (Phi) is 7.44. The van der Waals surface area contributed by atoms with Gasteiger partial charge in [0.15, 0.2) is 11.6 Å². The van der Waals surface area contributed by atoms with Gasteiger partial charge in [-0.3, -0.25) is 14.6 Å². The first-order chi connectivity index (χ1) is 14.8. The first kappa shape index (κ1) is 22.5. The number of carbonyl (C=O) groups is 2. The van der Waals surface area contributed by atoms with E-state index in [0.29, 0.717) is 11.3 Å². The van der Waals surface area contributed by atoms with E-state index in [-0.39, 0.29) is 27.9 Å². The summed E-state index contributed by atoms with van der Waals surface area (Å²) >= 11 is 11.9. The molecule has 0 fully saturated rings. The van der Waals surface area contributed by atoms with E-state index in [1.165, 1.54) is 31.3 Å². The van der Waals surface area contributed by atoms with Crippen LogP contribution in [-0.2, 0) is 11.3 Å². The minimum Gasteiger partial charge on any atom is -0.453 e. The molecule has 3 rings (SSSR count). The monoisotopic (exact) mass is 461 g/mol. The average Bonchev–Trinajstić information content (AvgIpc) is 2.76. The Hall–Kier alpha value is -3.16. The molecule has 0 radical (unpaired) electrons. The minimum absolute atomic E-state index is 0.0436. The number of nitrogens with one attached hydrogen (secondary N) is 2. The number of ether oxygens (including phenoxy) is 1. The first-order valence-electron chi connectivity index (χ1n) is 9.24. The summed E-state index contributed by atoms with van der Waals surface area (Å²) in [5.41, 5.74) is 0.695. The lowest BCUT2D eigenvalue weighted by atomic mass is 10.2. The molecule has 9 heteroatoms. The van der Waals surface area contributed by atoms with Crippen molar-refractivity contribution in [2.24, 2.45) is 0 Å². The molecule has 2 N–H and O–H groups in total. The van der Waals surface area contributed by atoms with Crippen molar-refractivity contribution < 1.29 is 18.7 Å². The van der Waals surface area contributed by atoms with E-state index in [9.17, 15) is 14.0 Å². The molecule has 1 unspecified atom stereocenters. The Labute approximate surface area is 188 Å². The predicted molar refractivity (Wildman–Crippen MR) is 116 cm³/mol. The van der Waals surface area contributed by atoms with Gasteiger partial charge in [-0.1, -0.05) is 35.3 Å². The number of benzene rings is 2. The van der Waals surface area contributed by atoms with E-state index in [1.807, 2.05) is 0 Å². The zero-order chi connectivity index (χ0) is 22.4.